The smallest absolute Gasteiger partial charge is 0.286 e. The fourth-order valence-corrected chi connectivity index (χ4v) is 4.52. The van der Waals surface area contributed by atoms with Crippen LogP contribution >= 0.6 is 11.6 Å². The third kappa shape index (κ3) is 3.15. The van der Waals surface area contributed by atoms with Gasteiger partial charge >= 0.3 is 0 Å². The largest absolute Gasteiger partial charge is 0.350 e. The maximum Gasteiger partial charge on any atom is 0.286 e. The molecular weight excluding hydrogens is 350 g/mol. The van der Waals surface area contributed by atoms with Crippen molar-refractivity contribution in [2.75, 3.05) is 11.4 Å². The number of amides is 1. The molecule has 130 valence electrons. The summed E-state index contributed by atoms with van der Waals surface area (Å²) in [5, 5.41) is 2.98. The maximum atomic E-state index is 12.6. The van der Waals surface area contributed by atoms with Crippen LogP contribution in [0.5, 0.6) is 0 Å². The first-order valence-electron chi connectivity index (χ1n) is 8.05. The van der Waals surface area contributed by atoms with Crippen LogP contribution in [-0.2, 0) is 10.0 Å². The Labute approximate surface area is 146 Å². The summed E-state index contributed by atoms with van der Waals surface area (Å²) in [6.07, 6.45) is 3.55. The van der Waals surface area contributed by atoms with Crippen molar-refractivity contribution in [3.05, 3.63) is 22.7 Å². The number of anilines is 1. The van der Waals surface area contributed by atoms with Gasteiger partial charge in [0.05, 0.1) is 16.3 Å². The molecule has 2 aliphatic heterocycles. The zero-order valence-electron chi connectivity index (χ0n) is 13.7. The van der Waals surface area contributed by atoms with Crippen molar-refractivity contribution in [1.29, 1.82) is 0 Å². The fraction of sp³-hybridized carbons (Fsp3) is 0.500. The zero-order valence-corrected chi connectivity index (χ0v) is 15.2. The molecule has 0 radical (unpaired) electrons. The molecule has 0 spiro atoms. The topological polar surface area (TPSA) is 78.8 Å². The maximum absolute atomic E-state index is 12.6. The number of benzene rings is 1. The van der Waals surface area contributed by atoms with Gasteiger partial charge in [0.1, 0.15) is 10.7 Å². The van der Waals surface area contributed by atoms with Crippen LogP contribution in [0.3, 0.4) is 0 Å². The van der Waals surface area contributed by atoms with Crippen molar-refractivity contribution in [3.8, 4) is 0 Å². The summed E-state index contributed by atoms with van der Waals surface area (Å²) in [4.78, 5) is 14.2. The number of hydrogen-bond donors (Lipinski definition) is 1. The van der Waals surface area contributed by atoms with Gasteiger partial charge in [0.15, 0.2) is 0 Å². The second-order valence-corrected chi connectivity index (χ2v) is 8.35. The minimum atomic E-state index is -3.82. The number of nitrogens with zero attached hydrogens (tertiary/aromatic N) is 2. The minimum Gasteiger partial charge on any atom is -0.350 e. The van der Waals surface area contributed by atoms with E-state index in [1.165, 1.54) is 6.07 Å². The molecule has 1 fully saturated rings. The van der Waals surface area contributed by atoms with Gasteiger partial charge in [-0.05, 0) is 38.8 Å². The highest BCUT2D eigenvalue weighted by Crippen LogP contribution is 2.37. The van der Waals surface area contributed by atoms with Gasteiger partial charge in [-0.15, -0.1) is 4.40 Å². The first kappa shape index (κ1) is 17.2. The number of fused-ring (bicyclic) bond motifs is 3. The average Bonchev–Trinajstić information content (AvgIpc) is 2.70. The minimum absolute atomic E-state index is 0.0476. The van der Waals surface area contributed by atoms with Crippen molar-refractivity contribution in [2.45, 2.75) is 50.5 Å². The Balaban J connectivity index is 2.12. The molecule has 1 amide bonds. The van der Waals surface area contributed by atoms with Crippen LogP contribution in [0.2, 0.25) is 5.02 Å². The lowest BCUT2D eigenvalue weighted by Crippen LogP contribution is -2.36. The summed E-state index contributed by atoms with van der Waals surface area (Å²) in [7, 11) is -3.82. The van der Waals surface area contributed by atoms with Gasteiger partial charge in [0.25, 0.3) is 15.9 Å². The molecular formula is C16H20ClN3O3S. The van der Waals surface area contributed by atoms with Crippen molar-refractivity contribution >= 4 is 39.1 Å². The van der Waals surface area contributed by atoms with Crippen molar-refractivity contribution in [2.24, 2.45) is 4.40 Å². The lowest BCUT2D eigenvalue weighted by atomic mass is 10.1. The van der Waals surface area contributed by atoms with Gasteiger partial charge in [-0.3, -0.25) is 4.79 Å². The van der Waals surface area contributed by atoms with Crippen LogP contribution in [0, 0.1) is 0 Å². The predicted molar refractivity (Wildman–Crippen MR) is 94.5 cm³/mol. The van der Waals surface area contributed by atoms with Crippen LogP contribution < -0.4 is 10.2 Å². The monoisotopic (exact) mass is 369 g/mol. The lowest BCUT2D eigenvalue weighted by Gasteiger charge is -2.30. The van der Waals surface area contributed by atoms with Crippen LogP contribution in [0.4, 0.5) is 5.69 Å². The number of amidine groups is 1. The molecule has 0 bridgehead atoms. The molecule has 0 unspecified atom stereocenters. The van der Waals surface area contributed by atoms with E-state index in [1.54, 1.807) is 6.07 Å². The Kier molecular flexibility index (Phi) is 4.57. The van der Waals surface area contributed by atoms with E-state index in [1.807, 2.05) is 18.7 Å². The number of sulfonamides is 1. The number of rotatable bonds is 2. The fourth-order valence-electron chi connectivity index (χ4n) is 3.01. The van der Waals surface area contributed by atoms with E-state index in [9.17, 15) is 13.2 Å². The number of carbonyl (C=O) groups is 1. The van der Waals surface area contributed by atoms with Gasteiger partial charge in [0.2, 0.25) is 0 Å². The molecule has 1 N–H and O–H groups in total. The molecule has 0 atom stereocenters. The molecule has 0 aromatic heterocycles. The van der Waals surface area contributed by atoms with Crippen LogP contribution in [-0.4, -0.2) is 32.7 Å². The molecule has 2 heterocycles. The molecule has 1 saturated heterocycles. The third-order valence-electron chi connectivity index (χ3n) is 4.10. The third-order valence-corrected chi connectivity index (χ3v) is 5.75. The average molecular weight is 370 g/mol. The van der Waals surface area contributed by atoms with Crippen LogP contribution in [0.15, 0.2) is 21.4 Å². The van der Waals surface area contributed by atoms with Crippen LogP contribution in [0.25, 0.3) is 0 Å². The van der Waals surface area contributed by atoms with Crippen molar-refractivity contribution < 1.29 is 13.2 Å². The molecule has 0 saturated carbocycles. The second kappa shape index (κ2) is 6.37. The number of nitrogens with one attached hydrogen (secondary N) is 1. The highest BCUT2D eigenvalue weighted by atomic mass is 35.5. The highest BCUT2D eigenvalue weighted by Gasteiger charge is 2.33. The number of hydrogen-bond acceptors (Lipinski definition) is 4. The first-order valence-corrected chi connectivity index (χ1v) is 9.87. The lowest BCUT2D eigenvalue weighted by molar-refractivity contribution is 0.0943. The van der Waals surface area contributed by atoms with Crippen LogP contribution in [0.1, 0.15) is 49.9 Å². The summed E-state index contributed by atoms with van der Waals surface area (Å²) in [6.45, 7) is 4.36. The summed E-state index contributed by atoms with van der Waals surface area (Å²) in [5.74, 6) is 0.175. The summed E-state index contributed by atoms with van der Waals surface area (Å²) in [6, 6.07) is 2.84. The predicted octanol–water partition coefficient (Wildman–Crippen LogP) is 2.96. The van der Waals surface area contributed by atoms with E-state index in [0.29, 0.717) is 24.5 Å². The number of carbonyl (C=O) groups excluding carboxylic acids is 1. The van der Waals surface area contributed by atoms with Gasteiger partial charge in [-0.2, -0.15) is 8.42 Å². The van der Waals surface area contributed by atoms with Crippen molar-refractivity contribution in [3.63, 3.8) is 0 Å². The quantitative estimate of drug-likeness (QED) is 0.869. The molecule has 3 rings (SSSR count). The van der Waals surface area contributed by atoms with Gasteiger partial charge < -0.3 is 10.2 Å². The van der Waals surface area contributed by atoms with E-state index < -0.39 is 15.9 Å². The summed E-state index contributed by atoms with van der Waals surface area (Å²) in [5.41, 5.74) is 0.675. The molecule has 6 nitrogen and oxygen atoms in total. The highest BCUT2D eigenvalue weighted by molar-refractivity contribution is 7.90. The standard InChI is InChI=1S/C16H20ClN3O3S/c1-10(2)18-16(21)11-8-14-13(9-12(11)17)20-7-5-3-4-6-15(20)19-24(14,22)23/h8-10H,3-7H2,1-2H3,(H,18,21). The first-order chi connectivity index (χ1) is 11.3. The van der Waals surface area contributed by atoms with E-state index in [0.717, 1.165) is 19.3 Å². The van der Waals surface area contributed by atoms with E-state index in [4.69, 9.17) is 11.6 Å². The Hall–Kier alpha value is -1.60. The molecule has 1 aromatic carbocycles. The summed E-state index contributed by atoms with van der Waals surface area (Å²) < 4.78 is 29.1. The van der Waals surface area contributed by atoms with Gasteiger partial charge in [-0.1, -0.05) is 18.0 Å². The molecule has 24 heavy (non-hydrogen) atoms. The Bertz CT molecular complexity index is 818. The normalized spacial score (nSPS) is 19.2. The summed E-state index contributed by atoms with van der Waals surface area (Å²) >= 11 is 6.28. The van der Waals surface area contributed by atoms with Crippen molar-refractivity contribution in [1.82, 2.24) is 5.32 Å². The Morgan fingerprint density at radius 3 is 2.75 bits per heavy atom. The molecule has 8 heteroatoms. The van der Waals surface area contributed by atoms with Gasteiger partial charge in [-0.25, -0.2) is 0 Å². The Morgan fingerprint density at radius 2 is 2.04 bits per heavy atom. The second-order valence-electron chi connectivity index (χ2n) is 6.37. The molecule has 0 aliphatic carbocycles. The zero-order chi connectivity index (χ0) is 17.5. The van der Waals surface area contributed by atoms with E-state index in [2.05, 4.69) is 9.71 Å². The Morgan fingerprint density at radius 1 is 1.29 bits per heavy atom. The SMILES string of the molecule is CC(C)NC(=O)c1cc2c(cc1Cl)N1CCCCCC1=NS2(=O)=O. The van der Waals surface area contributed by atoms with E-state index in [-0.39, 0.29) is 21.5 Å². The molecule has 1 aromatic rings. The molecule has 2 aliphatic rings. The van der Waals surface area contributed by atoms with E-state index >= 15 is 0 Å². The van der Waals surface area contributed by atoms with Gasteiger partial charge in [0, 0.05) is 19.0 Å². The number of halogens is 1.